The summed E-state index contributed by atoms with van der Waals surface area (Å²) in [5, 5.41) is 5.61. The first-order chi connectivity index (χ1) is 16.5. The van der Waals surface area contributed by atoms with E-state index in [-0.39, 0.29) is 23.6 Å². The molecule has 1 aromatic heterocycles. The van der Waals surface area contributed by atoms with Gasteiger partial charge in [-0.15, -0.1) is 0 Å². The van der Waals surface area contributed by atoms with Crippen LogP contribution in [0.15, 0.2) is 95.8 Å². The van der Waals surface area contributed by atoms with Crippen molar-refractivity contribution in [2.45, 2.75) is 19.4 Å². The van der Waals surface area contributed by atoms with Gasteiger partial charge in [-0.05, 0) is 36.8 Å². The van der Waals surface area contributed by atoms with Crippen molar-refractivity contribution in [3.05, 3.63) is 118 Å². The second-order valence-corrected chi connectivity index (χ2v) is 8.01. The van der Waals surface area contributed by atoms with Crippen LogP contribution in [0.25, 0.3) is 5.69 Å². The minimum absolute atomic E-state index is 0.184. The molecule has 0 bridgehead atoms. The number of benzene rings is 3. The maximum Gasteiger partial charge on any atom is 0.295 e. The van der Waals surface area contributed by atoms with Crippen molar-refractivity contribution in [3.63, 3.8) is 0 Å². The molecule has 7 nitrogen and oxygen atoms in total. The highest BCUT2D eigenvalue weighted by Crippen LogP contribution is 2.15. The standard InChI is InChI=1S/C27H26N4O3/c1-19-24(27(34)31(30(19)2)22-16-10-5-11-17-22)29-26(33)23(18-20-12-6-3-7-13-20)28-25(32)21-14-8-4-9-15-21/h3-17,23H,18H2,1-2H3,(H,28,32)(H,29,33)/t23-/m1/s1. The quantitative estimate of drug-likeness (QED) is 0.449. The number of nitrogens with zero attached hydrogens (tertiary/aromatic N) is 2. The van der Waals surface area contributed by atoms with Crippen LogP contribution in [0, 0.1) is 6.92 Å². The largest absolute Gasteiger partial charge is 0.340 e. The number of carbonyl (C=O) groups is 2. The van der Waals surface area contributed by atoms with Gasteiger partial charge in [0, 0.05) is 19.0 Å². The Balaban J connectivity index is 1.63. The van der Waals surface area contributed by atoms with E-state index in [2.05, 4.69) is 10.6 Å². The molecule has 0 radical (unpaired) electrons. The number of hydrogen-bond donors (Lipinski definition) is 2. The normalized spacial score (nSPS) is 11.6. The zero-order valence-electron chi connectivity index (χ0n) is 19.1. The summed E-state index contributed by atoms with van der Waals surface area (Å²) >= 11 is 0. The van der Waals surface area contributed by atoms with Crippen molar-refractivity contribution in [1.29, 1.82) is 0 Å². The first kappa shape index (κ1) is 22.8. The van der Waals surface area contributed by atoms with E-state index >= 15 is 0 Å². The van der Waals surface area contributed by atoms with Gasteiger partial charge in [0.25, 0.3) is 11.5 Å². The first-order valence-corrected chi connectivity index (χ1v) is 11.0. The molecule has 0 saturated carbocycles. The molecule has 4 aromatic rings. The van der Waals surface area contributed by atoms with E-state index in [1.165, 1.54) is 4.68 Å². The maximum atomic E-state index is 13.4. The molecule has 0 fully saturated rings. The topological polar surface area (TPSA) is 85.1 Å². The summed E-state index contributed by atoms with van der Waals surface area (Å²) in [5.74, 6) is -0.817. The lowest BCUT2D eigenvalue weighted by atomic mass is 10.0. The third-order valence-corrected chi connectivity index (χ3v) is 5.74. The Morgan fingerprint density at radius 2 is 1.41 bits per heavy atom. The van der Waals surface area contributed by atoms with Crippen LogP contribution in [0.5, 0.6) is 0 Å². The first-order valence-electron chi connectivity index (χ1n) is 11.0. The van der Waals surface area contributed by atoms with Crippen molar-refractivity contribution in [2.75, 3.05) is 5.32 Å². The lowest BCUT2D eigenvalue weighted by Crippen LogP contribution is -2.45. The van der Waals surface area contributed by atoms with Gasteiger partial charge in [0.15, 0.2) is 0 Å². The highest BCUT2D eigenvalue weighted by Gasteiger charge is 2.25. The third kappa shape index (κ3) is 4.83. The molecular formula is C27H26N4O3. The highest BCUT2D eigenvalue weighted by molar-refractivity contribution is 6.01. The molecule has 7 heteroatoms. The van der Waals surface area contributed by atoms with Crippen molar-refractivity contribution in [2.24, 2.45) is 7.05 Å². The molecule has 2 N–H and O–H groups in total. The van der Waals surface area contributed by atoms with Crippen molar-refractivity contribution >= 4 is 17.5 Å². The predicted octanol–water partition coefficient (Wildman–Crippen LogP) is 3.46. The number of anilines is 1. The van der Waals surface area contributed by atoms with Gasteiger partial charge in [0.1, 0.15) is 11.7 Å². The van der Waals surface area contributed by atoms with Crippen LogP contribution < -0.4 is 16.2 Å². The van der Waals surface area contributed by atoms with E-state index in [1.807, 2.05) is 66.7 Å². The van der Waals surface area contributed by atoms with Crippen LogP contribution in [0.4, 0.5) is 5.69 Å². The van der Waals surface area contributed by atoms with Crippen LogP contribution >= 0.6 is 0 Å². The minimum atomic E-state index is -0.876. The van der Waals surface area contributed by atoms with Gasteiger partial charge in [0.05, 0.1) is 11.4 Å². The fourth-order valence-corrected chi connectivity index (χ4v) is 3.81. The van der Waals surface area contributed by atoms with E-state index in [4.69, 9.17) is 0 Å². The molecule has 2 amide bonds. The summed E-state index contributed by atoms with van der Waals surface area (Å²) in [6.07, 6.45) is 0.282. The SMILES string of the molecule is Cc1c(NC(=O)[C@@H](Cc2ccccc2)NC(=O)c2ccccc2)c(=O)n(-c2ccccc2)n1C. The summed E-state index contributed by atoms with van der Waals surface area (Å²) in [6, 6.07) is 26.5. The molecule has 172 valence electrons. The second-order valence-electron chi connectivity index (χ2n) is 8.01. The summed E-state index contributed by atoms with van der Waals surface area (Å²) < 4.78 is 3.20. The number of carbonyl (C=O) groups excluding carboxylic acids is 2. The molecule has 0 saturated heterocycles. The average molecular weight is 455 g/mol. The third-order valence-electron chi connectivity index (χ3n) is 5.74. The number of aromatic nitrogens is 2. The maximum absolute atomic E-state index is 13.4. The highest BCUT2D eigenvalue weighted by atomic mass is 16.2. The Kier molecular flexibility index (Phi) is 6.73. The smallest absolute Gasteiger partial charge is 0.295 e. The molecule has 0 aliphatic carbocycles. The minimum Gasteiger partial charge on any atom is -0.340 e. The van der Waals surface area contributed by atoms with Crippen molar-refractivity contribution in [1.82, 2.24) is 14.7 Å². The lowest BCUT2D eigenvalue weighted by molar-refractivity contribution is -0.118. The molecule has 1 atom stereocenters. The summed E-state index contributed by atoms with van der Waals surface area (Å²) in [7, 11) is 1.76. The van der Waals surface area contributed by atoms with E-state index in [9.17, 15) is 14.4 Å². The molecule has 0 aliphatic rings. The van der Waals surface area contributed by atoms with Crippen LogP contribution in [0.1, 0.15) is 21.6 Å². The number of rotatable bonds is 7. The van der Waals surface area contributed by atoms with Gasteiger partial charge in [-0.3, -0.25) is 19.1 Å². The summed E-state index contributed by atoms with van der Waals surface area (Å²) in [5.41, 5.74) is 2.49. The number of para-hydroxylation sites is 1. The Morgan fingerprint density at radius 1 is 0.853 bits per heavy atom. The van der Waals surface area contributed by atoms with Gasteiger partial charge < -0.3 is 10.6 Å². The zero-order valence-corrected chi connectivity index (χ0v) is 19.1. The monoisotopic (exact) mass is 454 g/mol. The molecule has 3 aromatic carbocycles. The Hall–Kier alpha value is -4.39. The van der Waals surface area contributed by atoms with Gasteiger partial charge in [-0.2, -0.15) is 0 Å². The van der Waals surface area contributed by atoms with Gasteiger partial charge in [-0.1, -0.05) is 66.7 Å². The van der Waals surface area contributed by atoms with Crippen LogP contribution in [0.2, 0.25) is 0 Å². The lowest BCUT2D eigenvalue weighted by Gasteiger charge is -2.18. The van der Waals surface area contributed by atoms with E-state index in [0.29, 0.717) is 16.9 Å². The molecular weight excluding hydrogens is 428 g/mol. The fourth-order valence-electron chi connectivity index (χ4n) is 3.81. The molecule has 0 spiro atoms. The van der Waals surface area contributed by atoms with Gasteiger partial charge in [0.2, 0.25) is 5.91 Å². The molecule has 0 aliphatic heterocycles. The fraction of sp³-hybridized carbons (Fsp3) is 0.148. The zero-order chi connectivity index (χ0) is 24.1. The Labute approximate surface area is 197 Å². The van der Waals surface area contributed by atoms with Crippen LogP contribution in [-0.2, 0) is 18.3 Å². The Bertz CT molecular complexity index is 1340. The van der Waals surface area contributed by atoms with Crippen LogP contribution in [-0.4, -0.2) is 27.2 Å². The average Bonchev–Trinajstić information content (AvgIpc) is 3.08. The number of nitrogens with one attached hydrogen (secondary N) is 2. The summed E-state index contributed by atoms with van der Waals surface area (Å²) in [6.45, 7) is 1.77. The second kappa shape index (κ2) is 10.0. The van der Waals surface area contributed by atoms with Crippen molar-refractivity contribution < 1.29 is 9.59 Å². The van der Waals surface area contributed by atoms with E-state index in [1.54, 1.807) is 42.9 Å². The molecule has 34 heavy (non-hydrogen) atoms. The molecule has 4 rings (SSSR count). The van der Waals surface area contributed by atoms with Crippen molar-refractivity contribution in [3.8, 4) is 5.69 Å². The van der Waals surface area contributed by atoms with E-state index < -0.39 is 11.9 Å². The number of hydrogen-bond acceptors (Lipinski definition) is 3. The summed E-state index contributed by atoms with van der Waals surface area (Å²) in [4.78, 5) is 39.4. The molecule has 0 unspecified atom stereocenters. The predicted molar refractivity (Wildman–Crippen MR) is 132 cm³/mol. The molecule has 1 heterocycles. The van der Waals surface area contributed by atoms with Gasteiger partial charge in [-0.25, -0.2) is 4.68 Å². The van der Waals surface area contributed by atoms with Gasteiger partial charge >= 0.3 is 0 Å². The number of amides is 2. The Morgan fingerprint density at radius 3 is 2.03 bits per heavy atom. The van der Waals surface area contributed by atoms with Crippen LogP contribution in [0.3, 0.4) is 0 Å². The van der Waals surface area contributed by atoms with E-state index in [0.717, 1.165) is 5.56 Å².